The maximum atomic E-state index is 12.2. The first-order valence-electron chi connectivity index (χ1n) is 6.18. The number of nitrogens with one attached hydrogen (secondary N) is 2. The third kappa shape index (κ3) is 4.19. The van der Waals surface area contributed by atoms with Crippen molar-refractivity contribution in [1.29, 1.82) is 0 Å². The van der Waals surface area contributed by atoms with Gasteiger partial charge < -0.3 is 15.0 Å². The van der Waals surface area contributed by atoms with Gasteiger partial charge in [-0.1, -0.05) is 23.2 Å². The van der Waals surface area contributed by atoms with E-state index in [0.717, 1.165) is 0 Å². The fourth-order valence-corrected chi connectivity index (χ4v) is 2.25. The molecule has 2 aromatic rings. The Balaban J connectivity index is 2.15. The molecule has 22 heavy (non-hydrogen) atoms. The number of nitrogens with zero attached hydrogens (tertiary/aromatic N) is 2. The van der Waals surface area contributed by atoms with Gasteiger partial charge >= 0.3 is 5.97 Å². The van der Waals surface area contributed by atoms with E-state index in [0.29, 0.717) is 5.69 Å². The van der Waals surface area contributed by atoms with Crippen LogP contribution in [-0.2, 0) is 16.0 Å². The lowest BCUT2D eigenvalue weighted by Gasteiger charge is -2.16. The minimum Gasteiger partial charge on any atom is -0.467 e. The van der Waals surface area contributed by atoms with Crippen molar-refractivity contribution in [2.24, 2.45) is 0 Å². The van der Waals surface area contributed by atoms with E-state index >= 15 is 0 Å². The van der Waals surface area contributed by atoms with E-state index in [1.807, 2.05) is 0 Å². The Bertz CT molecular complexity index is 656. The van der Waals surface area contributed by atoms with E-state index in [9.17, 15) is 9.59 Å². The SMILES string of the molecule is COC(=O)[C@@H](Cc1cnc[nH]1)NC(=O)c1cc(Cl)nc(Cl)c1. The number of rotatable bonds is 5. The molecule has 0 aromatic carbocycles. The van der Waals surface area contributed by atoms with E-state index in [-0.39, 0.29) is 22.3 Å². The molecule has 0 radical (unpaired) electrons. The van der Waals surface area contributed by atoms with Crippen molar-refractivity contribution in [3.8, 4) is 0 Å². The second-order valence-corrected chi connectivity index (χ2v) is 5.11. The maximum Gasteiger partial charge on any atom is 0.328 e. The summed E-state index contributed by atoms with van der Waals surface area (Å²) >= 11 is 11.5. The van der Waals surface area contributed by atoms with Gasteiger partial charge in [-0.25, -0.2) is 14.8 Å². The van der Waals surface area contributed by atoms with Crippen LogP contribution in [0.15, 0.2) is 24.7 Å². The number of aromatic amines is 1. The second kappa shape index (κ2) is 7.24. The van der Waals surface area contributed by atoms with Crippen LogP contribution in [0.1, 0.15) is 16.1 Å². The third-order valence-corrected chi connectivity index (χ3v) is 3.18. The molecular weight excluding hydrogens is 331 g/mol. The number of carbonyl (C=O) groups excluding carboxylic acids is 2. The summed E-state index contributed by atoms with van der Waals surface area (Å²) in [4.78, 5) is 34.5. The number of carbonyl (C=O) groups is 2. The highest BCUT2D eigenvalue weighted by Crippen LogP contribution is 2.15. The molecule has 2 rings (SSSR count). The number of ether oxygens (including phenoxy) is 1. The Morgan fingerprint density at radius 3 is 2.59 bits per heavy atom. The summed E-state index contributed by atoms with van der Waals surface area (Å²) in [5.41, 5.74) is 0.880. The lowest BCUT2D eigenvalue weighted by molar-refractivity contribution is -0.142. The van der Waals surface area contributed by atoms with Gasteiger partial charge in [0.1, 0.15) is 16.3 Å². The van der Waals surface area contributed by atoms with Gasteiger partial charge in [0.15, 0.2) is 0 Å². The highest BCUT2D eigenvalue weighted by atomic mass is 35.5. The minimum atomic E-state index is -0.872. The molecule has 2 N–H and O–H groups in total. The van der Waals surface area contributed by atoms with Gasteiger partial charge in [-0.05, 0) is 12.1 Å². The Kier molecular flexibility index (Phi) is 5.35. The molecule has 116 valence electrons. The number of aromatic nitrogens is 3. The van der Waals surface area contributed by atoms with Gasteiger partial charge in [-0.3, -0.25) is 4.79 Å². The zero-order valence-corrected chi connectivity index (χ0v) is 13.0. The summed E-state index contributed by atoms with van der Waals surface area (Å²) in [5, 5.41) is 2.74. The van der Waals surface area contributed by atoms with Crippen molar-refractivity contribution >= 4 is 35.1 Å². The lowest BCUT2D eigenvalue weighted by atomic mass is 10.1. The number of pyridine rings is 1. The summed E-state index contributed by atoms with van der Waals surface area (Å²) in [5.74, 6) is -1.09. The predicted octanol–water partition coefficient (Wildman–Crippen LogP) is 1.63. The van der Waals surface area contributed by atoms with Gasteiger partial charge in [-0.2, -0.15) is 0 Å². The summed E-state index contributed by atoms with van der Waals surface area (Å²) in [7, 11) is 1.24. The number of amides is 1. The first-order valence-corrected chi connectivity index (χ1v) is 6.94. The van der Waals surface area contributed by atoms with Gasteiger partial charge in [-0.15, -0.1) is 0 Å². The average molecular weight is 343 g/mol. The van der Waals surface area contributed by atoms with Crippen LogP contribution in [0.4, 0.5) is 0 Å². The second-order valence-electron chi connectivity index (χ2n) is 4.33. The largest absolute Gasteiger partial charge is 0.467 e. The maximum absolute atomic E-state index is 12.2. The van der Waals surface area contributed by atoms with Gasteiger partial charge in [0.05, 0.1) is 13.4 Å². The molecule has 0 aliphatic heterocycles. The standard InChI is InChI=1S/C13H12Cl2N4O3/c1-22-13(21)9(4-8-5-16-6-17-8)18-12(20)7-2-10(14)19-11(15)3-7/h2-3,5-6,9H,4H2,1H3,(H,16,17)(H,18,20)/t9-/m1/s1. The van der Waals surface area contributed by atoms with Crippen LogP contribution in [0.5, 0.6) is 0 Å². The highest BCUT2D eigenvalue weighted by Gasteiger charge is 2.23. The van der Waals surface area contributed by atoms with Crippen LogP contribution >= 0.6 is 23.2 Å². The monoisotopic (exact) mass is 342 g/mol. The summed E-state index contributed by atoms with van der Waals surface area (Å²) in [6, 6.07) is 1.84. The first-order chi connectivity index (χ1) is 10.5. The molecule has 0 aliphatic rings. The van der Waals surface area contributed by atoms with Crippen molar-refractivity contribution in [2.45, 2.75) is 12.5 Å². The lowest BCUT2D eigenvalue weighted by Crippen LogP contribution is -2.43. The fraction of sp³-hybridized carbons (Fsp3) is 0.231. The fourth-order valence-electron chi connectivity index (χ4n) is 1.79. The molecule has 0 spiro atoms. The number of H-pyrrole nitrogens is 1. The molecule has 0 saturated heterocycles. The number of hydrogen-bond acceptors (Lipinski definition) is 5. The molecule has 2 aromatic heterocycles. The Labute approximate surface area is 136 Å². The van der Waals surface area contributed by atoms with Gasteiger partial charge in [0, 0.05) is 23.9 Å². The number of imidazole rings is 1. The molecule has 1 amide bonds. The van der Waals surface area contributed by atoms with Crippen molar-refractivity contribution in [1.82, 2.24) is 20.3 Å². The van der Waals surface area contributed by atoms with Crippen molar-refractivity contribution in [3.05, 3.63) is 46.2 Å². The molecule has 2 heterocycles. The van der Waals surface area contributed by atoms with Crippen LogP contribution in [0.2, 0.25) is 10.3 Å². The van der Waals surface area contributed by atoms with Gasteiger partial charge in [0.2, 0.25) is 0 Å². The topological polar surface area (TPSA) is 97.0 Å². The normalized spacial score (nSPS) is 11.8. The first kappa shape index (κ1) is 16.3. The van der Waals surface area contributed by atoms with Crippen LogP contribution in [0, 0.1) is 0 Å². The summed E-state index contributed by atoms with van der Waals surface area (Å²) < 4.78 is 4.69. The van der Waals surface area contributed by atoms with Crippen molar-refractivity contribution in [2.75, 3.05) is 7.11 Å². The van der Waals surface area contributed by atoms with E-state index in [2.05, 4.69) is 20.3 Å². The van der Waals surface area contributed by atoms with E-state index < -0.39 is 17.9 Å². The Hall–Kier alpha value is -2.12. The highest BCUT2D eigenvalue weighted by molar-refractivity contribution is 6.33. The third-order valence-electron chi connectivity index (χ3n) is 2.79. The molecule has 0 aliphatic carbocycles. The van der Waals surface area contributed by atoms with Crippen molar-refractivity contribution in [3.63, 3.8) is 0 Å². The molecule has 0 unspecified atom stereocenters. The van der Waals surface area contributed by atoms with Crippen LogP contribution in [-0.4, -0.2) is 40.0 Å². The van der Waals surface area contributed by atoms with Crippen LogP contribution < -0.4 is 5.32 Å². The molecule has 7 nitrogen and oxygen atoms in total. The van der Waals surface area contributed by atoms with Crippen LogP contribution in [0.25, 0.3) is 0 Å². The van der Waals surface area contributed by atoms with E-state index in [1.54, 1.807) is 6.20 Å². The van der Waals surface area contributed by atoms with Gasteiger partial charge in [0.25, 0.3) is 5.91 Å². The number of esters is 1. The van der Waals surface area contributed by atoms with Crippen LogP contribution in [0.3, 0.4) is 0 Å². The minimum absolute atomic E-state index is 0.0841. The van der Waals surface area contributed by atoms with E-state index in [1.165, 1.54) is 25.6 Å². The molecule has 0 fully saturated rings. The molecule has 0 bridgehead atoms. The number of hydrogen-bond donors (Lipinski definition) is 2. The Morgan fingerprint density at radius 1 is 1.36 bits per heavy atom. The molecule has 0 saturated carbocycles. The smallest absolute Gasteiger partial charge is 0.328 e. The Morgan fingerprint density at radius 2 is 2.05 bits per heavy atom. The molecule has 9 heteroatoms. The summed E-state index contributed by atoms with van der Waals surface area (Å²) in [6.07, 6.45) is 3.25. The average Bonchev–Trinajstić information content (AvgIpc) is 2.97. The number of halogens is 2. The quantitative estimate of drug-likeness (QED) is 0.635. The molecular formula is C13H12Cl2N4O3. The summed E-state index contributed by atoms with van der Waals surface area (Å²) in [6.45, 7) is 0. The van der Waals surface area contributed by atoms with Crippen molar-refractivity contribution < 1.29 is 14.3 Å². The molecule has 1 atom stereocenters. The zero-order valence-electron chi connectivity index (χ0n) is 11.5. The zero-order chi connectivity index (χ0) is 16.1. The van der Waals surface area contributed by atoms with E-state index in [4.69, 9.17) is 27.9 Å². The predicted molar refractivity (Wildman–Crippen MR) is 79.8 cm³/mol. The number of methoxy groups -OCH3 is 1.